The van der Waals surface area contributed by atoms with Crippen LogP contribution < -0.4 is 5.32 Å². The summed E-state index contributed by atoms with van der Waals surface area (Å²) in [6.07, 6.45) is 0.915. The summed E-state index contributed by atoms with van der Waals surface area (Å²) in [6, 6.07) is 8.45. The van der Waals surface area contributed by atoms with Crippen LogP contribution in [0.1, 0.15) is 36.3 Å². The van der Waals surface area contributed by atoms with Gasteiger partial charge in [-0.2, -0.15) is 5.10 Å². The van der Waals surface area contributed by atoms with E-state index in [2.05, 4.69) is 29.5 Å². The molecule has 1 atom stereocenters. The topological polar surface area (TPSA) is 46.9 Å². The summed E-state index contributed by atoms with van der Waals surface area (Å²) in [7, 11) is 1.91. The van der Waals surface area contributed by atoms with E-state index in [1.807, 2.05) is 30.8 Å². The molecular weight excluding hydrogens is 282 g/mol. The van der Waals surface area contributed by atoms with Gasteiger partial charge in [-0.3, -0.25) is 9.48 Å². The van der Waals surface area contributed by atoms with Crippen LogP contribution >= 0.6 is 11.8 Å². The van der Waals surface area contributed by atoms with E-state index >= 15 is 0 Å². The van der Waals surface area contributed by atoms with Gasteiger partial charge in [-0.15, -0.1) is 11.8 Å². The number of carbonyl (C=O) groups excluding carboxylic acids is 1. The number of rotatable bonds is 3. The van der Waals surface area contributed by atoms with Gasteiger partial charge in [0.2, 0.25) is 0 Å². The maximum absolute atomic E-state index is 12.4. The third-order valence-electron chi connectivity index (χ3n) is 3.86. The molecule has 2 heterocycles. The highest BCUT2D eigenvalue weighted by Crippen LogP contribution is 2.42. The Balaban J connectivity index is 2.03. The SMILES string of the molecule is CCC(C)NC(=O)c1nn(C)c2c1CSc1ccccc1-2. The van der Waals surface area contributed by atoms with Gasteiger partial charge in [0, 0.05) is 34.9 Å². The lowest BCUT2D eigenvalue weighted by atomic mass is 10.1. The fourth-order valence-electron chi connectivity index (χ4n) is 2.56. The van der Waals surface area contributed by atoms with Crippen LogP contribution in [0.25, 0.3) is 11.3 Å². The van der Waals surface area contributed by atoms with Crippen molar-refractivity contribution in [3.05, 3.63) is 35.5 Å². The molecule has 0 saturated heterocycles. The Kier molecular flexibility index (Phi) is 3.76. The van der Waals surface area contributed by atoms with Gasteiger partial charge in [0.05, 0.1) is 5.69 Å². The van der Waals surface area contributed by atoms with Gasteiger partial charge in [0.15, 0.2) is 5.69 Å². The van der Waals surface area contributed by atoms with Crippen molar-refractivity contribution in [3.8, 4) is 11.3 Å². The van der Waals surface area contributed by atoms with E-state index in [1.54, 1.807) is 11.8 Å². The second kappa shape index (κ2) is 5.56. The number of amides is 1. The first-order chi connectivity index (χ1) is 10.1. The summed E-state index contributed by atoms with van der Waals surface area (Å²) in [5, 5.41) is 7.48. The normalized spacial score (nSPS) is 14.2. The second-order valence-electron chi connectivity index (χ2n) is 5.37. The minimum Gasteiger partial charge on any atom is -0.348 e. The van der Waals surface area contributed by atoms with Crippen LogP contribution in [-0.2, 0) is 12.8 Å². The summed E-state index contributed by atoms with van der Waals surface area (Å²) < 4.78 is 1.83. The van der Waals surface area contributed by atoms with Crippen LogP contribution in [0.15, 0.2) is 29.2 Å². The summed E-state index contributed by atoms with van der Waals surface area (Å²) in [5.74, 6) is 0.727. The standard InChI is InChI=1S/C16H19N3OS/c1-4-10(2)17-16(20)14-12-9-21-13-8-6-5-7-11(13)15(12)19(3)18-14/h5-8,10H,4,9H2,1-3H3,(H,17,20). The number of benzene rings is 1. The minimum absolute atomic E-state index is 0.0684. The minimum atomic E-state index is -0.0684. The maximum atomic E-state index is 12.4. The first kappa shape index (κ1) is 14.2. The molecule has 21 heavy (non-hydrogen) atoms. The van der Waals surface area contributed by atoms with E-state index in [0.29, 0.717) is 5.69 Å². The van der Waals surface area contributed by atoms with E-state index in [9.17, 15) is 4.79 Å². The van der Waals surface area contributed by atoms with Crippen molar-refractivity contribution >= 4 is 17.7 Å². The molecule has 1 aliphatic heterocycles. The monoisotopic (exact) mass is 301 g/mol. The van der Waals surface area contributed by atoms with Gasteiger partial charge in [0.1, 0.15) is 0 Å². The summed E-state index contributed by atoms with van der Waals surface area (Å²) in [6.45, 7) is 4.07. The maximum Gasteiger partial charge on any atom is 0.272 e. The number of aromatic nitrogens is 2. The molecule has 1 unspecified atom stereocenters. The molecule has 110 valence electrons. The molecule has 0 aliphatic carbocycles. The summed E-state index contributed by atoms with van der Waals surface area (Å²) >= 11 is 1.77. The quantitative estimate of drug-likeness (QED) is 0.947. The van der Waals surface area contributed by atoms with Crippen molar-refractivity contribution in [1.29, 1.82) is 0 Å². The van der Waals surface area contributed by atoms with Gasteiger partial charge in [-0.05, 0) is 19.4 Å². The largest absolute Gasteiger partial charge is 0.348 e. The van der Waals surface area contributed by atoms with Crippen LogP contribution in [0.2, 0.25) is 0 Å². The first-order valence-corrected chi connectivity index (χ1v) is 8.19. The zero-order valence-corrected chi connectivity index (χ0v) is 13.3. The van der Waals surface area contributed by atoms with Crippen LogP contribution in [-0.4, -0.2) is 21.7 Å². The summed E-state index contributed by atoms with van der Waals surface area (Å²) in [5.41, 5.74) is 3.84. The molecular formula is C16H19N3OS. The third-order valence-corrected chi connectivity index (χ3v) is 4.96. The van der Waals surface area contributed by atoms with Crippen LogP contribution in [0.3, 0.4) is 0 Å². The average molecular weight is 301 g/mol. The highest BCUT2D eigenvalue weighted by molar-refractivity contribution is 7.98. The molecule has 0 saturated carbocycles. The molecule has 1 aliphatic rings. The predicted molar refractivity (Wildman–Crippen MR) is 85.4 cm³/mol. The molecule has 1 aromatic heterocycles. The number of aryl methyl sites for hydroxylation is 1. The predicted octanol–water partition coefficient (Wildman–Crippen LogP) is 3.22. The Morgan fingerprint density at radius 1 is 1.48 bits per heavy atom. The van der Waals surface area contributed by atoms with E-state index in [0.717, 1.165) is 23.4 Å². The Morgan fingerprint density at radius 3 is 3.00 bits per heavy atom. The molecule has 5 heteroatoms. The highest BCUT2D eigenvalue weighted by atomic mass is 32.2. The summed E-state index contributed by atoms with van der Waals surface area (Å²) in [4.78, 5) is 13.7. The zero-order chi connectivity index (χ0) is 15.0. The highest BCUT2D eigenvalue weighted by Gasteiger charge is 2.27. The molecule has 0 radical (unpaired) electrons. The Hall–Kier alpha value is -1.75. The van der Waals surface area contributed by atoms with Crippen LogP contribution in [0.5, 0.6) is 0 Å². The molecule has 0 fully saturated rings. The molecule has 1 aromatic carbocycles. The van der Waals surface area contributed by atoms with Crippen molar-refractivity contribution < 1.29 is 4.79 Å². The smallest absolute Gasteiger partial charge is 0.272 e. The third kappa shape index (κ3) is 2.46. The van der Waals surface area contributed by atoms with Gasteiger partial charge in [-0.25, -0.2) is 0 Å². The first-order valence-electron chi connectivity index (χ1n) is 7.20. The van der Waals surface area contributed by atoms with E-state index in [1.165, 1.54) is 10.5 Å². The molecule has 0 bridgehead atoms. The Bertz CT molecular complexity index is 693. The lowest BCUT2D eigenvalue weighted by Crippen LogP contribution is -2.32. The zero-order valence-electron chi connectivity index (χ0n) is 12.5. The number of carbonyl (C=O) groups is 1. The number of hydrogen-bond acceptors (Lipinski definition) is 3. The lowest BCUT2D eigenvalue weighted by Gasteiger charge is -2.17. The molecule has 1 amide bonds. The van der Waals surface area contributed by atoms with Crippen LogP contribution in [0.4, 0.5) is 0 Å². The Morgan fingerprint density at radius 2 is 2.24 bits per heavy atom. The number of fused-ring (bicyclic) bond motifs is 3. The van der Waals surface area contributed by atoms with E-state index < -0.39 is 0 Å². The number of thioether (sulfide) groups is 1. The molecule has 4 nitrogen and oxygen atoms in total. The van der Waals surface area contributed by atoms with Crippen molar-refractivity contribution in [3.63, 3.8) is 0 Å². The lowest BCUT2D eigenvalue weighted by molar-refractivity contribution is 0.0933. The fourth-order valence-corrected chi connectivity index (χ4v) is 3.62. The Labute approximate surface area is 128 Å². The van der Waals surface area contributed by atoms with Crippen molar-refractivity contribution in [1.82, 2.24) is 15.1 Å². The van der Waals surface area contributed by atoms with Crippen LogP contribution in [0, 0.1) is 0 Å². The van der Waals surface area contributed by atoms with Crippen molar-refractivity contribution in [2.75, 3.05) is 0 Å². The fraction of sp³-hybridized carbons (Fsp3) is 0.375. The number of nitrogens with zero attached hydrogens (tertiary/aromatic N) is 2. The molecule has 3 rings (SSSR count). The second-order valence-corrected chi connectivity index (χ2v) is 6.38. The molecule has 0 spiro atoms. The number of hydrogen-bond donors (Lipinski definition) is 1. The van der Waals surface area contributed by atoms with E-state index in [-0.39, 0.29) is 11.9 Å². The van der Waals surface area contributed by atoms with Gasteiger partial charge < -0.3 is 5.32 Å². The number of nitrogens with one attached hydrogen (secondary N) is 1. The van der Waals surface area contributed by atoms with Crippen molar-refractivity contribution in [2.45, 2.75) is 37.0 Å². The van der Waals surface area contributed by atoms with Crippen molar-refractivity contribution in [2.24, 2.45) is 7.05 Å². The van der Waals surface area contributed by atoms with Gasteiger partial charge in [0.25, 0.3) is 5.91 Å². The van der Waals surface area contributed by atoms with Gasteiger partial charge >= 0.3 is 0 Å². The molecule has 1 N–H and O–H groups in total. The average Bonchev–Trinajstić information content (AvgIpc) is 2.84. The van der Waals surface area contributed by atoms with E-state index in [4.69, 9.17) is 0 Å². The van der Waals surface area contributed by atoms with Gasteiger partial charge in [-0.1, -0.05) is 25.1 Å². The molecule has 2 aromatic rings.